The van der Waals surface area contributed by atoms with Crippen molar-refractivity contribution in [3.8, 4) is 0 Å². The SMILES string of the molecule is CC1CCc2[nH]c3c(C(=O)NCC(C)Cn4cccn4)cccc3c2C1. The van der Waals surface area contributed by atoms with Crippen LogP contribution in [0.4, 0.5) is 0 Å². The Bertz CT molecular complexity index is 910. The van der Waals surface area contributed by atoms with Gasteiger partial charge in [0.15, 0.2) is 0 Å². The van der Waals surface area contributed by atoms with Crippen molar-refractivity contribution in [3.05, 3.63) is 53.5 Å². The molecule has 2 atom stereocenters. The highest BCUT2D eigenvalue weighted by molar-refractivity contribution is 6.06. The zero-order valence-corrected chi connectivity index (χ0v) is 15.5. The van der Waals surface area contributed by atoms with Crippen LogP contribution in [-0.2, 0) is 19.4 Å². The van der Waals surface area contributed by atoms with Gasteiger partial charge in [-0.15, -0.1) is 0 Å². The van der Waals surface area contributed by atoms with Crippen molar-refractivity contribution in [2.24, 2.45) is 11.8 Å². The highest BCUT2D eigenvalue weighted by atomic mass is 16.1. The number of carbonyl (C=O) groups is 1. The molecule has 0 radical (unpaired) electrons. The second kappa shape index (κ2) is 6.98. The maximum absolute atomic E-state index is 12.8. The van der Waals surface area contributed by atoms with Gasteiger partial charge in [-0.05, 0) is 48.8 Å². The molecule has 0 spiro atoms. The van der Waals surface area contributed by atoms with E-state index in [0.29, 0.717) is 18.4 Å². The Hall–Kier alpha value is -2.56. The largest absolute Gasteiger partial charge is 0.358 e. The summed E-state index contributed by atoms with van der Waals surface area (Å²) in [6, 6.07) is 7.97. The van der Waals surface area contributed by atoms with Crippen LogP contribution in [0.5, 0.6) is 0 Å². The van der Waals surface area contributed by atoms with Crippen LogP contribution >= 0.6 is 0 Å². The summed E-state index contributed by atoms with van der Waals surface area (Å²) in [6.45, 7) is 5.86. The van der Waals surface area contributed by atoms with Gasteiger partial charge in [0.25, 0.3) is 5.91 Å². The first kappa shape index (κ1) is 16.9. The summed E-state index contributed by atoms with van der Waals surface area (Å²) in [6.07, 6.45) is 7.12. The van der Waals surface area contributed by atoms with E-state index in [2.05, 4.69) is 35.3 Å². The zero-order valence-electron chi connectivity index (χ0n) is 15.5. The molecule has 5 nitrogen and oxygen atoms in total. The summed E-state index contributed by atoms with van der Waals surface area (Å²) in [5.41, 5.74) is 4.45. The quantitative estimate of drug-likeness (QED) is 0.739. The van der Waals surface area contributed by atoms with E-state index in [1.165, 1.54) is 23.1 Å². The van der Waals surface area contributed by atoms with Gasteiger partial charge in [-0.3, -0.25) is 9.48 Å². The van der Waals surface area contributed by atoms with Crippen LogP contribution in [0.3, 0.4) is 0 Å². The fourth-order valence-corrected chi connectivity index (χ4v) is 3.96. The van der Waals surface area contributed by atoms with Gasteiger partial charge in [0.2, 0.25) is 0 Å². The van der Waals surface area contributed by atoms with Crippen LogP contribution in [0, 0.1) is 11.8 Å². The van der Waals surface area contributed by atoms with Gasteiger partial charge in [-0.1, -0.05) is 26.0 Å². The number of aromatic nitrogens is 3. The van der Waals surface area contributed by atoms with Gasteiger partial charge >= 0.3 is 0 Å². The normalized spacial score (nSPS) is 17.8. The van der Waals surface area contributed by atoms with E-state index < -0.39 is 0 Å². The number of nitrogens with zero attached hydrogens (tertiary/aromatic N) is 2. The van der Waals surface area contributed by atoms with Crippen molar-refractivity contribution in [1.29, 1.82) is 0 Å². The minimum absolute atomic E-state index is 0.00504. The number of hydrogen-bond donors (Lipinski definition) is 2. The highest BCUT2D eigenvalue weighted by Gasteiger charge is 2.22. The van der Waals surface area contributed by atoms with Crippen molar-refractivity contribution in [3.63, 3.8) is 0 Å². The molecule has 3 aromatic rings. The van der Waals surface area contributed by atoms with Gasteiger partial charge in [0.05, 0.1) is 11.1 Å². The summed E-state index contributed by atoms with van der Waals surface area (Å²) in [7, 11) is 0. The zero-order chi connectivity index (χ0) is 18.1. The summed E-state index contributed by atoms with van der Waals surface area (Å²) in [5.74, 6) is 1.02. The number of amides is 1. The number of aromatic amines is 1. The number of para-hydroxylation sites is 1. The van der Waals surface area contributed by atoms with Crippen LogP contribution < -0.4 is 5.32 Å². The fraction of sp³-hybridized carbons (Fsp3) is 0.429. The van der Waals surface area contributed by atoms with E-state index >= 15 is 0 Å². The van der Waals surface area contributed by atoms with Crippen LogP contribution in [-0.4, -0.2) is 27.2 Å². The number of benzene rings is 1. The molecule has 2 N–H and O–H groups in total. The maximum Gasteiger partial charge on any atom is 0.253 e. The molecule has 0 saturated carbocycles. The first-order valence-electron chi connectivity index (χ1n) is 9.50. The minimum atomic E-state index is -0.00504. The molecule has 2 aromatic heterocycles. The molecule has 1 aromatic carbocycles. The minimum Gasteiger partial charge on any atom is -0.358 e. The Balaban J connectivity index is 1.50. The predicted molar refractivity (Wildman–Crippen MR) is 103 cm³/mol. The van der Waals surface area contributed by atoms with E-state index in [1.54, 1.807) is 6.20 Å². The predicted octanol–water partition coefficient (Wildman–Crippen LogP) is 3.56. The molecule has 5 heteroatoms. The first-order valence-corrected chi connectivity index (χ1v) is 9.50. The van der Waals surface area contributed by atoms with Gasteiger partial charge in [0, 0.05) is 36.6 Å². The lowest BCUT2D eigenvalue weighted by Gasteiger charge is -2.17. The number of fused-ring (bicyclic) bond motifs is 3. The van der Waals surface area contributed by atoms with E-state index in [4.69, 9.17) is 0 Å². The number of nitrogens with one attached hydrogen (secondary N) is 2. The summed E-state index contributed by atoms with van der Waals surface area (Å²) >= 11 is 0. The number of rotatable bonds is 5. The molecule has 26 heavy (non-hydrogen) atoms. The van der Waals surface area contributed by atoms with Gasteiger partial charge in [-0.25, -0.2) is 0 Å². The number of carbonyl (C=O) groups excluding carboxylic acids is 1. The smallest absolute Gasteiger partial charge is 0.253 e. The first-order chi connectivity index (χ1) is 12.6. The number of aryl methyl sites for hydroxylation is 1. The summed E-state index contributed by atoms with van der Waals surface area (Å²) in [4.78, 5) is 16.3. The molecule has 0 bridgehead atoms. The Kier molecular flexibility index (Phi) is 4.53. The average molecular weight is 350 g/mol. The van der Waals surface area contributed by atoms with Gasteiger partial charge in [-0.2, -0.15) is 5.10 Å². The second-order valence-corrected chi connectivity index (χ2v) is 7.70. The third kappa shape index (κ3) is 3.26. The fourth-order valence-electron chi connectivity index (χ4n) is 3.96. The lowest BCUT2D eigenvalue weighted by Crippen LogP contribution is -2.30. The van der Waals surface area contributed by atoms with Crippen molar-refractivity contribution in [2.75, 3.05) is 6.54 Å². The monoisotopic (exact) mass is 350 g/mol. The third-order valence-electron chi connectivity index (χ3n) is 5.38. The van der Waals surface area contributed by atoms with Crippen LogP contribution in [0.1, 0.15) is 41.9 Å². The van der Waals surface area contributed by atoms with E-state index in [0.717, 1.165) is 30.5 Å². The van der Waals surface area contributed by atoms with Crippen LogP contribution in [0.25, 0.3) is 10.9 Å². The molecule has 1 amide bonds. The number of H-pyrrole nitrogens is 1. The van der Waals surface area contributed by atoms with Crippen molar-refractivity contribution < 1.29 is 4.79 Å². The molecule has 2 unspecified atom stereocenters. The molecular formula is C21H26N4O. The molecule has 1 aliphatic rings. The van der Waals surface area contributed by atoms with Gasteiger partial charge in [0.1, 0.15) is 0 Å². The van der Waals surface area contributed by atoms with Crippen LogP contribution in [0.15, 0.2) is 36.7 Å². The maximum atomic E-state index is 12.8. The molecule has 4 rings (SSSR count). The van der Waals surface area contributed by atoms with E-state index in [9.17, 15) is 4.79 Å². The lowest BCUT2D eigenvalue weighted by atomic mass is 9.87. The molecule has 1 aliphatic carbocycles. The van der Waals surface area contributed by atoms with Gasteiger partial charge < -0.3 is 10.3 Å². The standard InChI is InChI=1S/C21H26N4O/c1-14-7-8-19-18(11-14)16-5-3-6-17(20(16)24-19)21(26)22-12-15(2)13-25-10-4-9-23-25/h3-6,9-10,14-15,24H,7-8,11-13H2,1-2H3,(H,22,26). The Labute approximate surface area is 153 Å². The van der Waals surface area contributed by atoms with E-state index in [1.807, 2.05) is 29.1 Å². The third-order valence-corrected chi connectivity index (χ3v) is 5.38. The Morgan fingerprint density at radius 3 is 3.12 bits per heavy atom. The molecule has 136 valence electrons. The second-order valence-electron chi connectivity index (χ2n) is 7.70. The Morgan fingerprint density at radius 2 is 2.31 bits per heavy atom. The molecule has 0 saturated heterocycles. The van der Waals surface area contributed by atoms with E-state index in [-0.39, 0.29) is 5.91 Å². The molecule has 2 heterocycles. The molecule has 0 fully saturated rings. The van der Waals surface area contributed by atoms with Crippen molar-refractivity contribution >= 4 is 16.8 Å². The lowest BCUT2D eigenvalue weighted by molar-refractivity contribution is 0.0948. The van der Waals surface area contributed by atoms with Crippen LogP contribution in [0.2, 0.25) is 0 Å². The topological polar surface area (TPSA) is 62.7 Å². The van der Waals surface area contributed by atoms with Crippen molar-refractivity contribution in [2.45, 2.75) is 39.7 Å². The highest BCUT2D eigenvalue weighted by Crippen LogP contribution is 2.32. The molecular weight excluding hydrogens is 324 g/mol. The number of hydrogen-bond acceptors (Lipinski definition) is 2. The Morgan fingerprint density at radius 1 is 1.42 bits per heavy atom. The van der Waals surface area contributed by atoms with Crippen molar-refractivity contribution in [1.82, 2.24) is 20.1 Å². The summed E-state index contributed by atoms with van der Waals surface area (Å²) in [5, 5.41) is 8.53. The average Bonchev–Trinajstić information content (AvgIpc) is 3.26. The summed E-state index contributed by atoms with van der Waals surface area (Å²) < 4.78 is 1.90. The molecule has 0 aliphatic heterocycles.